The van der Waals surface area contributed by atoms with E-state index in [1.807, 2.05) is 30.3 Å². The molecule has 44 heavy (non-hydrogen) atoms. The first-order chi connectivity index (χ1) is 21.1. The van der Waals surface area contributed by atoms with Gasteiger partial charge in [-0.3, -0.25) is 14.5 Å². The summed E-state index contributed by atoms with van der Waals surface area (Å²) in [6, 6.07) is 17.7. The molecule has 8 heteroatoms. The van der Waals surface area contributed by atoms with Crippen LogP contribution in [0.25, 0.3) is 0 Å². The van der Waals surface area contributed by atoms with Gasteiger partial charge in [-0.1, -0.05) is 36.9 Å². The molecule has 0 bridgehead atoms. The van der Waals surface area contributed by atoms with Gasteiger partial charge in [-0.15, -0.1) is 0 Å². The normalized spacial score (nSPS) is 21.9. The number of benzene rings is 3. The molecular weight excluding hydrogens is 572 g/mol. The van der Waals surface area contributed by atoms with Crippen molar-refractivity contribution in [2.75, 3.05) is 24.6 Å². The number of likely N-dealkylation sites (tertiary alicyclic amines) is 1. The van der Waals surface area contributed by atoms with Crippen molar-refractivity contribution in [3.05, 3.63) is 93.9 Å². The molecule has 3 aromatic rings. The molecule has 0 N–H and O–H groups in total. The number of nitrogens with zero attached hydrogens (tertiary/aromatic N) is 2. The molecule has 0 radical (unpaired) electrons. The molecule has 1 unspecified atom stereocenters. The van der Waals surface area contributed by atoms with Gasteiger partial charge in [0.25, 0.3) is 11.1 Å². The topological polar surface area (TPSA) is 68.3 Å². The van der Waals surface area contributed by atoms with Crippen LogP contribution >= 0.6 is 11.8 Å². The van der Waals surface area contributed by atoms with Crippen LogP contribution in [-0.2, 0) is 17.8 Å². The Morgan fingerprint density at radius 3 is 2.45 bits per heavy atom. The van der Waals surface area contributed by atoms with Gasteiger partial charge < -0.3 is 14.2 Å². The first-order valence-electron chi connectivity index (χ1n) is 15.3. The molecular formula is C36H40N2O5S. The Hall–Kier alpha value is -3.75. The van der Waals surface area contributed by atoms with Crippen molar-refractivity contribution in [2.24, 2.45) is 0 Å². The molecule has 0 aliphatic carbocycles. The summed E-state index contributed by atoms with van der Waals surface area (Å²) in [5, 5.41) is -0.325. The van der Waals surface area contributed by atoms with E-state index in [9.17, 15) is 9.59 Å². The van der Waals surface area contributed by atoms with E-state index in [1.165, 1.54) is 11.1 Å². The lowest BCUT2D eigenvalue weighted by molar-refractivity contribution is -0.113. The van der Waals surface area contributed by atoms with Gasteiger partial charge in [0.2, 0.25) is 0 Å². The van der Waals surface area contributed by atoms with Crippen molar-refractivity contribution in [3.8, 4) is 17.2 Å². The van der Waals surface area contributed by atoms with Gasteiger partial charge >= 0.3 is 0 Å². The molecule has 2 saturated heterocycles. The average Bonchev–Trinajstić information content (AvgIpc) is 3.56. The molecule has 3 aromatic carbocycles. The molecule has 2 amide bonds. The third-order valence-corrected chi connectivity index (χ3v) is 9.98. The highest BCUT2D eigenvalue weighted by molar-refractivity contribution is 8.18. The van der Waals surface area contributed by atoms with Crippen LogP contribution in [0.5, 0.6) is 17.2 Å². The monoisotopic (exact) mass is 612 g/mol. The van der Waals surface area contributed by atoms with Crippen molar-refractivity contribution in [1.29, 1.82) is 0 Å². The number of amides is 2. The second-order valence-corrected chi connectivity index (χ2v) is 13.4. The largest absolute Gasteiger partial charge is 0.492 e. The molecule has 2 atom stereocenters. The van der Waals surface area contributed by atoms with E-state index in [1.54, 1.807) is 12.1 Å². The number of fused-ring (bicyclic) bond motifs is 1. The first-order valence-corrected chi connectivity index (χ1v) is 16.2. The number of carbonyl (C=O) groups is 2. The van der Waals surface area contributed by atoms with E-state index < -0.39 is 0 Å². The smallest absolute Gasteiger partial charge is 0.298 e. The standard InChI is InChI=1S/C36H40N2O5S/c1-23-24(2)33-31(25(3)32(23)42-20-27-10-7-6-8-11-27)17-18-36(5,43-33)22-37-19-9-12-29(37)21-41-30-15-13-28(14-16-30)38-34(39)26(4)44-35(38)40/h6-8,10-11,13-16,29H,4,9,12,17-22H2,1-3,5H3/t29-,36?/m0/s1. The second kappa shape index (κ2) is 12.3. The molecule has 230 valence electrons. The predicted molar refractivity (Wildman–Crippen MR) is 175 cm³/mol. The Labute approximate surface area is 264 Å². The number of thioether (sulfide) groups is 1. The minimum atomic E-state index is -0.367. The van der Waals surface area contributed by atoms with Crippen molar-refractivity contribution in [3.63, 3.8) is 0 Å². The van der Waals surface area contributed by atoms with E-state index in [4.69, 9.17) is 14.2 Å². The van der Waals surface area contributed by atoms with Crippen LogP contribution in [0.3, 0.4) is 0 Å². The zero-order valence-corrected chi connectivity index (χ0v) is 26.8. The van der Waals surface area contributed by atoms with Crippen molar-refractivity contribution >= 4 is 28.6 Å². The van der Waals surface area contributed by atoms with Gasteiger partial charge in [-0.25, -0.2) is 4.90 Å². The van der Waals surface area contributed by atoms with E-state index in [0.29, 0.717) is 24.7 Å². The summed E-state index contributed by atoms with van der Waals surface area (Å²) < 4.78 is 19.5. The van der Waals surface area contributed by atoms with Crippen molar-refractivity contribution in [1.82, 2.24) is 4.90 Å². The highest BCUT2D eigenvalue weighted by atomic mass is 32.2. The van der Waals surface area contributed by atoms with Crippen LogP contribution in [-0.4, -0.2) is 47.4 Å². The Bertz CT molecular complexity index is 1590. The van der Waals surface area contributed by atoms with E-state index in [2.05, 4.69) is 51.3 Å². The lowest BCUT2D eigenvalue weighted by Crippen LogP contribution is -2.50. The number of hydrogen-bond acceptors (Lipinski definition) is 7. The first kappa shape index (κ1) is 30.3. The van der Waals surface area contributed by atoms with E-state index in [0.717, 1.165) is 83.6 Å². The van der Waals surface area contributed by atoms with Crippen LogP contribution in [0.15, 0.2) is 66.1 Å². The lowest BCUT2D eigenvalue weighted by atomic mass is 9.86. The molecule has 7 nitrogen and oxygen atoms in total. The SMILES string of the molecule is C=C1SC(=O)N(c2ccc(OC[C@@H]3CCCN3CC3(C)CCc4c(C)c(OCc5ccccc5)c(C)c(C)c4O3)cc2)C1=O. The summed E-state index contributed by atoms with van der Waals surface area (Å²) in [6.45, 7) is 15.3. The molecule has 3 aliphatic heterocycles. The summed E-state index contributed by atoms with van der Waals surface area (Å²) in [6.07, 6.45) is 4.08. The van der Waals surface area contributed by atoms with Crippen LogP contribution in [0.1, 0.15) is 54.0 Å². The molecule has 0 aromatic heterocycles. The van der Waals surface area contributed by atoms with Crippen molar-refractivity contribution in [2.45, 2.75) is 71.6 Å². The van der Waals surface area contributed by atoms with Gasteiger partial charge in [0.05, 0.1) is 10.6 Å². The van der Waals surface area contributed by atoms with Gasteiger partial charge in [0, 0.05) is 18.2 Å². The van der Waals surface area contributed by atoms with Crippen LogP contribution in [0.2, 0.25) is 0 Å². The maximum absolute atomic E-state index is 12.3. The Morgan fingerprint density at radius 2 is 1.75 bits per heavy atom. The maximum Gasteiger partial charge on any atom is 0.298 e. The summed E-state index contributed by atoms with van der Waals surface area (Å²) in [5.74, 6) is 2.34. The molecule has 0 spiro atoms. The molecule has 3 heterocycles. The van der Waals surface area contributed by atoms with Gasteiger partial charge in [0.1, 0.15) is 36.1 Å². The minimum absolute atomic E-state index is 0.244. The van der Waals surface area contributed by atoms with Gasteiger partial charge in [0.15, 0.2) is 0 Å². The maximum atomic E-state index is 12.3. The second-order valence-electron chi connectivity index (χ2n) is 12.3. The molecule has 0 saturated carbocycles. The third-order valence-electron chi connectivity index (χ3n) is 9.20. The fourth-order valence-electron chi connectivity index (χ4n) is 6.57. The highest BCUT2D eigenvalue weighted by Crippen LogP contribution is 2.44. The molecule has 2 fully saturated rings. The highest BCUT2D eigenvalue weighted by Gasteiger charge is 2.39. The minimum Gasteiger partial charge on any atom is -0.492 e. The van der Waals surface area contributed by atoms with Crippen LogP contribution in [0, 0.1) is 20.8 Å². The number of hydrogen-bond donors (Lipinski definition) is 0. The fourth-order valence-corrected chi connectivity index (χ4v) is 7.24. The average molecular weight is 613 g/mol. The Kier molecular flexibility index (Phi) is 8.49. The summed E-state index contributed by atoms with van der Waals surface area (Å²) in [5.41, 5.74) is 6.13. The summed E-state index contributed by atoms with van der Waals surface area (Å²) >= 11 is 0.867. The van der Waals surface area contributed by atoms with Crippen LogP contribution < -0.4 is 19.1 Å². The fraction of sp³-hybridized carbons (Fsp3) is 0.389. The number of anilines is 1. The van der Waals surface area contributed by atoms with E-state index in [-0.39, 0.29) is 27.7 Å². The molecule has 3 aliphatic rings. The summed E-state index contributed by atoms with van der Waals surface area (Å²) in [4.78, 5) is 28.3. The lowest BCUT2D eigenvalue weighted by Gasteiger charge is -2.41. The predicted octanol–water partition coefficient (Wildman–Crippen LogP) is 7.53. The van der Waals surface area contributed by atoms with E-state index >= 15 is 0 Å². The summed E-state index contributed by atoms with van der Waals surface area (Å²) in [7, 11) is 0. The zero-order valence-electron chi connectivity index (χ0n) is 26.0. The number of ether oxygens (including phenoxy) is 3. The van der Waals surface area contributed by atoms with Crippen LogP contribution in [0.4, 0.5) is 10.5 Å². The Morgan fingerprint density at radius 1 is 1.00 bits per heavy atom. The number of carbonyl (C=O) groups excluding carboxylic acids is 2. The number of imide groups is 1. The Balaban J connectivity index is 1.09. The zero-order chi connectivity index (χ0) is 31.0. The molecule has 6 rings (SSSR count). The number of rotatable bonds is 9. The van der Waals surface area contributed by atoms with Gasteiger partial charge in [-0.2, -0.15) is 0 Å². The van der Waals surface area contributed by atoms with Crippen molar-refractivity contribution < 1.29 is 23.8 Å². The quantitative estimate of drug-likeness (QED) is 0.231. The van der Waals surface area contributed by atoms with Gasteiger partial charge in [-0.05, 0) is 118 Å². The third kappa shape index (κ3) is 5.97.